The van der Waals surface area contributed by atoms with Crippen molar-refractivity contribution in [2.24, 2.45) is 0 Å². The first-order chi connectivity index (χ1) is 17.6. The molecule has 1 unspecified atom stereocenters. The number of carbonyl (C=O) groups is 2. The van der Waals surface area contributed by atoms with Crippen molar-refractivity contribution in [1.29, 1.82) is 0 Å². The quantitative estimate of drug-likeness (QED) is 0.216. The molecule has 10 nitrogen and oxygen atoms in total. The van der Waals surface area contributed by atoms with Crippen molar-refractivity contribution in [2.75, 3.05) is 0 Å². The van der Waals surface area contributed by atoms with E-state index in [9.17, 15) is 36.7 Å². The third-order valence-corrected chi connectivity index (χ3v) is 5.35. The molecule has 0 radical (unpaired) electrons. The van der Waals surface area contributed by atoms with Gasteiger partial charge in [0, 0.05) is 11.8 Å². The van der Waals surface area contributed by atoms with Gasteiger partial charge in [-0.05, 0) is 23.8 Å². The Labute approximate surface area is 203 Å². The number of hydrogen-bond acceptors (Lipinski definition) is 7. The second-order valence-electron chi connectivity index (χ2n) is 7.61. The van der Waals surface area contributed by atoms with E-state index in [1.54, 1.807) is 0 Å². The summed E-state index contributed by atoms with van der Waals surface area (Å²) in [7, 11) is 0. The second kappa shape index (κ2) is 10.0. The Morgan fingerprint density at radius 2 is 1.84 bits per heavy atom. The minimum absolute atomic E-state index is 0.00565. The van der Waals surface area contributed by atoms with Crippen LogP contribution in [0.3, 0.4) is 0 Å². The van der Waals surface area contributed by atoms with Crippen molar-refractivity contribution in [3.63, 3.8) is 0 Å². The highest BCUT2D eigenvalue weighted by atomic mass is 19.4. The number of benzene rings is 2. The van der Waals surface area contributed by atoms with Crippen LogP contribution in [0.2, 0.25) is 0 Å². The van der Waals surface area contributed by atoms with Crippen LogP contribution in [-0.4, -0.2) is 36.6 Å². The van der Waals surface area contributed by atoms with Crippen molar-refractivity contribution in [2.45, 2.75) is 18.8 Å². The van der Waals surface area contributed by atoms with Gasteiger partial charge in [-0.1, -0.05) is 24.3 Å². The van der Waals surface area contributed by atoms with Gasteiger partial charge >= 0.3 is 11.9 Å². The zero-order valence-corrected chi connectivity index (χ0v) is 18.5. The molecule has 1 atom stereocenters. The van der Waals surface area contributed by atoms with E-state index in [1.807, 2.05) is 0 Å². The lowest BCUT2D eigenvalue weighted by molar-refractivity contribution is -0.140. The Kier molecular flexibility index (Phi) is 6.82. The first kappa shape index (κ1) is 25.2. The van der Waals surface area contributed by atoms with Crippen molar-refractivity contribution in [3.8, 4) is 5.69 Å². The zero-order valence-electron chi connectivity index (χ0n) is 18.5. The smallest absolute Gasteiger partial charge is 0.419 e. The van der Waals surface area contributed by atoms with Gasteiger partial charge in [0.05, 0.1) is 24.1 Å². The number of H-pyrrole nitrogens is 1. The maximum absolute atomic E-state index is 13.9. The maximum atomic E-state index is 13.9. The molecule has 2 aromatic carbocycles. The molecule has 0 spiro atoms. The number of ether oxygens (including phenoxy) is 1. The highest BCUT2D eigenvalue weighted by molar-refractivity contribution is 6.00. The number of Topliss-reactive ketones (excluding diaryl/α,β-unsaturated/α-hetero) is 1. The third kappa shape index (κ3) is 5.07. The van der Waals surface area contributed by atoms with Crippen LogP contribution < -0.4 is 11.2 Å². The molecule has 0 amide bonds. The molecule has 1 N–H and O–H groups in total. The molecule has 2 aromatic heterocycles. The number of ketones is 1. The van der Waals surface area contributed by atoms with Gasteiger partial charge in [0.1, 0.15) is 17.7 Å². The number of halogens is 4. The number of carbonyl (C=O) groups excluding carboxylic acids is 2. The van der Waals surface area contributed by atoms with E-state index in [-0.39, 0.29) is 12.0 Å². The fourth-order valence-electron chi connectivity index (χ4n) is 3.66. The first-order valence-electron chi connectivity index (χ1n) is 10.4. The SMILES string of the molecule is O=COC(C(=O)c1cncn(Cc2cccc(F)c2C(F)(F)F)c1=O)c1ccc(-n2cn[nH]c2=O)cc1. The average Bonchev–Trinajstić information content (AvgIpc) is 3.28. The lowest BCUT2D eigenvalue weighted by atomic mass is 10.0. The van der Waals surface area contributed by atoms with E-state index in [2.05, 4.69) is 15.2 Å². The van der Waals surface area contributed by atoms with Crippen LogP contribution in [0.25, 0.3) is 5.69 Å². The van der Waals surface area contributed by atoms with Gasteiger partial charge in [-0.2, -0.15) is 18.3 Å². The van der Waals surface area contributed by atoms with Crippen LogP contribution >= 0.6 is 0 Å². The highest BCUT2D eigenvalue weighted by Crippen LogP contribution is 2.34. The molecule has 0 aliphatic carbocycles. The fraction of sp³-hybridized carbons (Fsp3) is 0.130. The summed E-state index contributed by atoms with van der Waals surface area (Å²) in [5, 5.41) is 5.81. The Hall–Kier alpha value is -4.88. The van der Waals surface area contributed by atoms with Gasteiger partial charge in [-0.25, -0.2) is 23.8 Å². The summed E-state index contributed by atoms with van der Waals surface area (Å²) < 4.78 is 60.8. The van der Waals surface area contributed by atoms with Crippen molar-refractivity contribution >= 4 is 12.3 Å². The van der Waals surface area contributed by atoms with Crippen molar-refractivity contribution < 1.29 is 31.9 Å². The Balaban J connectivity index is 1.68. The number of aromatic amines is 1. The molecule has 0 aliphatic heterocycles. The molecule has 0 saturated carbocycles. The van der Waals surface area contributed by atoms with Gasteiger partial charge in [-0.3, -0.25) is 19.0 Å². The summed E-state index contributed by atoms with van der Waals surface area (Å²) >= 11 is 0. The zero-order chi connectivity index (χ0) is 26.7. The van der Waals surface area contributed by atoms with Crippen molar-refractivity contribution in [1.82, 2.24) is 24.3 Å². The first-order valence-corrected chi connectivity index (χ1v) is 10.4. The van der Waals surface area contributed by atoms with Crippen LogP contribution in [0.15, 0.2) is 70.9 Å². The summed E-state index contributed by atoms with van der Waals surface area (Å²) in [6, 6.07) is 8.31. The van der Waals surface area contributed by atoms with Crippen LogP contribution in [0.5, 0.6) is 0 Å². The molecule has 2 heterocycles. The number of hydrogen-bond donors (Lipinski definition) is 1. The fourth-order valence-corrected chi connectivity index (χ4v) is 3.66. The minimum Gasteiger partial charge on any atom is -0.451 e. The van der Waals surface area contributed by atoms with Crippen LogP contribution in [-0.2, 0) is 22.3 Å². The maximum Gasteiger partial charge on any atom is 0.419 e. The van der Waals surface area contributed by atoms with Crippen molar-refractivity contribution in [3.05, 3.63) is 110 Å². The van der Waals surface area contributed by atoms with E-state index in [0.717, 1.165) is 24.7 Å². The van der Waals surface area contributed by atoms with Gasteiger partial charge in [0.2, 0.25) is 5.78 Å². The van der Waals surface area contributed by atoms with Crippen LogP contribution in [0.4, 0.5) is 17.6 Å². The summed E-state index contributed by atoms with van der Waals surface area (Å²) in [4.78, 5) is 52.7. The summed E-state index contributed by atoms with van der Waals surface area (Å²) in [6.45, 7) is -0.735. The normalized spacial score (nSPS) is 12.2. The molecule has 0 aliphatic rings. The van der Waals surface area contributed by atoms with Gasteiger partial charge in [-0.15, -0.1) is 0 Å². The Bertz CT molecular complexity index is 1570. The highest BCUT2D eigenvalue weighted by Gasteiger charge is 2.37. The molecule has 37 heavy (non-hydrogen) atoms. The standard InChI is InChI=1S/C23H15F4N5O5/c24-17-3-1-2-14(18(17)23(25,26)27)9-31-10-28-8-16(21(31)35)19(34)20(37-12-33)13-4-6-15(7-5-13)32-11-29-30-22(32)36/h1-8,10-12,20H,9H2,(H,30,36). The molecule has 0 bridgehead atoms. The molecule has 0 fully saturated rings. The Morgan fingerprint density at radius 3 is 2.46 bits per heavy atom. The summed E-state index contributed by atoms with van der Waals surface area (Å²) in [5.74, 6) is -2.51. The predicted octanol–water partition coefficient (Wildman–Crippen LogP) is 2.42. The van der Waals surface area contributed by atoms with E-state index < -0.39 is 58.4 Å². The number of rotatable bonds is 8. The Morgan fingerprint density at radius 1 is 1.11 bits per heavy atom. The summed E-state index contributed by atoms with van der Waals surface area (Å²) in [5.41, 5.74) is -3.71. The van der Waals surface area contributed by atoms with E-state index in [1.165, 1.54) is 35.2 Å². The second-order valence-corrected chi connectivity index (χ2v) is 7.61. The van der Waals surface area contributed by atoms with Gasteiger partial charge in [0.25, 0.3) is 12.0 Å². The molecule has 190 valence electrons. The van der Waals surface area contributed by atoms with E-state index >= 15 is 0 Å². The lowest BCUT2D eigenvalue weighted by Gasteiger charge is -2.16. The van der Waals surface area contributed by atoms with Crippen LogP contribution in [0, 0.1) is 5.82 Å². The van der Waals surface area contributed by atoms with Crippen LogP contribution in [0.1, 0.15) is 33.2 Å². The van der Waals surface area contributed by atoms with E-state index in [0.29, 0.717) is 16.3 Å². The minimum atomic E-state index is -5.03. The number of alkyl halides is 3. The molecule has 4 aromatic rings. The molecule has 4 rings (SSSR count). The lowest BCUT2D eigenvalue weighted by Crippen LogP contribution is -2.30. The number of nitrogens with one attached hydrogen (secondary N) is 1. The average molecular weight is 517 g/mol. The molecular weight excluding hydrogens is 502 g/mol. The largest absolute Gasteiger partial charge is 0.451 e. The predicted molar refractivity (Wildman–Crippen MR) is 117 cm³/mol. The van der Waals surface area contributed by atoms with E-state index in [4.69, 9.17) is 4.74 Å². The topological polar surface area (TPSA) is 129 Å². The van der Waals surface area contributed by atoms with Gasteiger partial charge < -0.3 is 4.74 Å². The summed E-state index contributed by atoms with van der Waals surface area (Å²) in [6.07, 6.45) is -3.61. The third-order valence-electron chi connectivity index (χ3n) is 5.35. The monoisotopic (exact) mass is 517 g/mol. The molecular formula is C23H15F4N5O5. The van der Waals surface area contributed by atoms with Gasteiger partial charge in [0.15, 0.2) is 6.10 Å². The molecule has 0 saturated heterocycles. The molecule has 14 heteroatoms. The number of aromatic nitrogens is 5. The number of nitrogens with zero attached hydrogens (tertiary/aromatic N) is 4.